The van der Waals surface area contributed by atoms with E-state index in [9.17, 15) is 22.4 Å². The Morgan fingerprint density at radius 1 is 0.949 bits per heavy atom. The van der Waals surface area contributed by atoms with Gasteiger partial charge in [-0.15, -0.1) is 0 Å². The summed E-state index contributed by atoms with van der Waals surface area (Å²) in [5.41, 5.74) is 2.41. The van der Waals surface area contributed by atoms with Crippen LogP contribution in [0.2, 0.25) is 0 Å². The topological polar surface area (TPSA) is 99.7 Å². The molecular formula is C29H33FN4O4S. The van der Waals surface area contributed by atoms with Gasteiger partial charge in [0.05, 0.1) is 4.90 Å². The van der Waals surface area contributed by atoms with Crippen LogP contribution in [0.1, 0.15) is 42.9 Å². The second-order valence-corrected chi connectivity index (χ2v) is 11.6. The Balaban J connectivity index is 1.42. The van der Waals surface area contributed by atoms with Crippen molar-refractivity contribution in [1.29, 1.82) is 0 Å². The van der Waals surface area contributed by atoms with Gasteiger partial charge in [0, 0.05) is 45.0 Å². The lowest BCUT2D eigenvalue weighted by atomic mass is 10.1. The first-order valence-electron chi connectivity index (χ1n) is 13.0. The van der Waals surface area contributed by atoms with Crippen molar-refractivity contribution in [2.24, 2.45) is 0 Å². The molecule has 1 aliphatic heterocycles. The van der Waals surface area contributed by atoms with E-state index in [0.29, 0.717) is 31.6 Å². The summed E-state index contributed by atoms with van der Waals surface area (Å²) in [4.78, 5) is 32.1. The summed E-state index contributed by atoms with van der Waals surface area (Å²) >= 11 is 0. The van der Waals surface area contributed by atoms with E-state index >= 15 is 0 Å². The lowest BCUT2D eigenvalue weighted by Crippen LogP contribution is -2.47. The highest BCUT2D eigenvalue weighted by atomic mass is 32.2. The molecule has 2 amide bonds. The molecule has 2 aromatic carbocycles. The number of nitrogens with zero attached hydrogens (tertiary/aromatic N) is 3. The molecule has 0 unspecified atom stereocenters. The SMILES string of the molecule is C[C@@H](C(=O)NCc1ccncc1)N(Cc1ccc(F)cc1)C(=O)CCc1ccc(S(=O)(=O)N2CCCC2)cc1. The summed E-state index contributed by atoms with van der Waals surface area (Å²) in [7, 11) is -3.50. The van der Waals surface area contributed by atoms with Crippen LogP contribution in [0.4, 0.5) is 4.39 Å². The van der Waals surface area contributed by atoms with Crippen LogP contribution in [-0.2, 0) is 39.1 Å². The predicted molar refractivity (Wildman–Crippen MR) is 145 cm³/mol. The molecule has 206 valence electrons. The normalized spacial score (nSPS) is 14.6. The van der Waals surface area contributed by atoms with Gasteiger partial charge >= 0.3 is 0 Å². The zero-order valence-corrected chi connectivity index (χ0v) is 22.7. The first-order valence-corrected chi connectivity index (χ1v) is 14.5. The van der Waals surface area contributed by atoms with Crippen LogP contribution in [0.3, 0.4) is 0 Å². The number of hydrogen-bond acceptors (Lipinski definition) is 5. The van der Waals surface area contributed by atoms with Crippen molar-refractivity contribution in [1.82, 2.24) is 19.5 Å². The second-order valence-electron chi connectivity index (χ2n) is 9.65. The van der Waals surface area contributed by atoms with E-state index in [2.05, 4.69) is 10.3 Å². The van der Waals surface area contributed by atoms with Crippen molar-refractivity contribution in [2.45, 2.75) is 56.6 Å². The maximum Gasteiger partial charge on any atom is 0.243 e. The van der Waals surface area contributed by atoms with E-state index in [1.165, 1.54) is 21.3 Å². The van der Waals surface area contributed by atoms with Crippen molar-refractivity contribution in [3.8, 4) is 0 Å². The number of aromatic nitrogens is 1. The van der Waals surface area contributed by atoms with E-state index < -0.39 is 16.1 Å². The van der Waals surface area contributed by atoms with E-state index in [4.69, 9.17) is 0 Å². The highest BCUT2D eigenvalue weighted by Crippen LogP contribution is 2.22. The largest absolute Gasteiger partial charge is 0.350 e. The number of aryl methyl sites for hydroxylation is 1. The van der Waals surface area contributed by atoms with Crippen LogP contribution >= 0.6 is 0 Å². The molecule has 0 spiro atoms. The number of carbonyl (C=O) groups is 2. The Hall–Kier alpha value is -3.63. The molecule has 1 atom stereocenters. The Kier molecular flexibility index (Phi) is 9.42. The maximum absolute atomic E-state index is 13.4. The molecule has 8 nitrogen and oxygen atoms in total. The van der Waals surface area contributed by atoms with Gasteiger partial charge in [-0.05, 0) is 79.3 Å². The maximum atomic E-state index is 13.4. The third-order valence-corrected chi connectivity index (χ3v) is 8.82. The minimum absolute atomic E-state index is 0.126. The highest BCUT2D eigenvalue weighted by molar-refractivity contribution is 7.89. The fraction of sp³-hybridized carbons (Fsp3) is 0.345. The van der Waals surface area contributed by atoms with Crippen LogP contribution in [0.15, 0.2) is 78.0 Å². The van der Waals surface area contributed by atoms with Crippen LogP contribution in [0, 0.1) is 5.82 Å². The van der Waals surface area contributed by atoms with Crippen LogP contribution in [-0.4, -0.2) is 53.6 Å². The monoisotopic (exact) mass is 552 g/mol. The fourth-order valence-electron chi connectivity index (χ4n) is 4.51. The van der Waals surface area contributed by atoms with E-state index in [-0.39, 0.29) is 35.5 Å². The van der Waals surface area contributed by atoms with Crippen LogP contribution < -0.4 is 5.32 Å². The number of rotatable bonds is 11. The first kappa shape index (κ1) is 28.4. The number of nitrogens with one attached hydrogen (secondary N) is 1. The Morgan fingerprint density at radius 2 is 1.56 bits per heavy atom. The number of pyridine rings is 1. The highest BCUT2D eigenvalue weighted by Gasteiger charge is 2.28. The molecule has 1 aromatic heterocycles. The number of sulfonamides is 1. The van der Waals surface area contributed by atoms with Gasteiger partial charge < -0.3 is 10.2 Å². The minimum atomic E-state index is -3.50. The van der Waals surface area contributed by atoms with E-state index in [0.717, 1.165) is 24.0 Å². The van der Waals surface area contributed by atoms with Crippen molar-refractivity contribution in [3.63, 3.8) is 0 Å². The van der Waals surface area contributed by atoms with Crippen molar-refractivity contribution in [3.05, 3.63) is 95.6 Å². The standard InChI is InChI=1S/C29H33FN4O4S/c1-22(29(36)32-20-24-14-16-31-17-15-24)34(21-25-4-9-26(30)10-5-25)28(35)13-8-23-6-11-27(12-7-23)39(37,38)33-18-2-3-19-33/h4-7,9-12,14-17,22H,2-3,8,13,18-21H2,1H3,(H,32,36)/t22-/m0/s1. The smallest absolute Gasteiger partial charge is 0.243 e. The van der Waals surface area contributed by atoms with Crippen molar-refractivity contribution >= 4 is 21.8 Å². The molecule has 0 radical (unpaired) electrons. The van der Waals surface area contributed by atoms with Crippen LogP contribution in [0.5, 0.6) is 0 Å². The lowest BCUT2D eigenvalue weighted by Gasteiger charge is -2.29. The van der Waals surface area contributed by atoms with Gasteiger partial charge in [-0.25, -0.2) is 12.8 Å². The molecule has 1 aliphatic rings. The quantitative estimate of drug-likeness (QED) is 0.391. The zero-order chi connectivity index (χ0) is 27.8. The molecule has 10 heteroatoms. The summed E-state index contributed by atoms with van der Waals surface area (Å²) in [6.45, 7) is 3.20. The zero-order valence-electron chi connectivity index (χ0n) is 21.9. The summed E-state index contributed by atoms with van der Waals surface area (Å²) < 4.78 is 40.5. The molecule has 0 bridgehead atoms. The molecule has 1 saturated heterocycles. The Bertz CT molecular complexity index is 1360. The average Bonchev–Trinajstić information content (AvgIpc) is 3.51. The Morgan fingerprint density at radius 3 is 2.21 bits per heavy atom. The van der Waals surface area contributed by atoms with E-state index in [1.54, 1.807) is 67.8 Å². The van der Waals surface area contributed by atoms with Crippen molar-refractivity contribution < 1.29 is 22.4 Å². The van der Waals surface area contributed by atoms with Gasteiger partial charge in [0.1, 0.15) is 11.9 Å². The molecule has 4 rings (SSSR count). The molecule has 1 N–H and O–H groups in total. The molecule has 3 aromatic rings. The number of carbonyl (C=O) groups excluding carboxylic acids is 2. The third kappa shape index (κ3) is 7.48. The number of halogens is 1. The summed E-state index contributed by atoms with van der Waals surface area (Å²) in [5.74, 6) is -0.923. The molecule has 2 heterocycles. The van der Waals surface area contributed by atoms with Crippen molar-refractivity contribution in [2.75, 3.05) is 13.1 Å². The van der Waals surface area contributed by atoms with Gasteiger partial charge in [0.15, 0.2) is 0 Å². The summed E-state index contributed by atoms with van der Waals surface area (Å²) in [6.07, 6.45) is 5.53. The first-order chi connectivity index (χ1) is 18.7. The number of hydrogen-bond donors (Lipinski definition) is 1. The Labute approximate surface area is 228 Å². The molecule has 39 heavy (non-hydrogen) atoms. The van der Waals surface area contributed by atoms with Gasteiger partial charge in [-0.3, -0.25) is 14.6 Å². The lowest BCUT2D eigenvalue weighted by molar-refractivity contribution is -0.140. The number of benzene rings is 2. The van der Waals surface area contributed by atoms with E-state index in [1.807, 2.05) is 0 Å². The molecule has 0 saturated carbocycles. The number of amides is 2. The third-order valence-electron chi connectivity index (χ3n) is 6.90. The average molecular weight is 553 g/mol. The molecule has 0 aliphatic carbocycles. The predicted octanol–water partition coefficient (Wildman–Crippen LogP) is 3.67. The van der Waals surface area contributed by atoms with Gasteiger partial charge in [0.2, 0.25) is 21.8 Å². The summed E-state index contributed by atoms with van der Waals surface area (Å²) in [5, 5.41) is 2.86. The van der Waals surface area contributed by atoms with Gasteiger partial charge in [-0.1, -0.05) is 24.3 Å². The summed E-state index contributed by atoms with van der Waals surface area (Å²) in [6, 6.07) is 15.3. The van der Waals surface area contributed by atoms with Gasteiger partial charge in [0.25, 0.3) is 0 Å². The minimum Gasteiger partial charge on any atom is -0.350 e. The second kappa shape index (κ2) is 12.9. The molecular weight excluding hydrogens is 519 g/mol. The van der Waals surface area contributed by atoms with Gasteiger partial charge in [-0.2, -0.15) is 4.31 Å². The fourth-order valence-corrected chi connectivity index (χ4v) is 6.02. The molecule has 1 fully saturated rings. The van der Waals surface area contributed by atoms with Crippen LogP contribution in [0.25, 0.3) is 0 Å².